The molecule has 1 fully saturated rings. The lowest BCUT2D eigenvalue weighted by molar-refractivity contribution is -0.137. The zero-order valence-corrected chi connectivity index (χ0v) is 13.6. The lowest BCUT2D eigenvalue weighted by Gasteiger charge is -2.37. The Kier molecular flexibility index (Phi) is 6.23. The molecule has 0 saturated carbocycles. The number of aliphatic hydroxyl groups excluding tert-OH is 1. The molecule has 0 spiro atoms. The van der Waals surface area contributed by atoms with Gasteiger partial charge in [0.05, 0.1) is 5.56 Å². The third kappa shape index (κ3) is 5.21. The monoisotopic (exact) mass is 344 g/mol. The number of rotatable bonds is 5. The van der Waals surface area contributed by atoms with Crippen LogP contribution in [-0.4, -0.2) is 41.7 Å². The Morgan fingerprint density at radius 2 is 2.12 bits per heavy atom. The topological polar surface area (TPSA) is 52.6 Å². The Bertz CT molecular complexity index is 563. The van der Waals surface area contributed by atoms with Crippen molar-refractivity contribution in [3.8, 4) is 0 Å². The van der Waals surface area contributed by atoms with Gasteiger partial charge in [-0.15, -0.1) is 0 Å². The summed E-state index contributed by atoms with van der Waals surface area (Å²) >= 11 is 0. The molecule has 1 aromatic rings. The van der Waals surface area contributed by atoms with Gasteiger partial charge in [0.1, 0.15) is 0 Å². The first-order valence-electron chi connectivity index (χ1n) is 8.11. The summed E-state index contributed by atoms with van der Waals surface area (Å²) in [6.07, 6.45) is -2.27. The van der Waals surface area contributed by atoms with Crippen molar-refractivity contribution in [1.82, 2.24) is 4.90 Å². The smallest absolute Gasteiger partial charge is 0.396 e. The van der Waals surface area contributed by atoms with Gasteiger partial charge >= 0.3 is 6.18 Å². The molecule has 1 aliphatic rings. The van der Waals surface area contributed by atoms with Crippen molar-refractivity contribution >= 4 is 11.6 Å². The molecular weight excluding hydrogens is 321 g/mol. The minimum Gasteiger partial charge on any atom is -0.396 e. The van der Waals surface area contributed by atoms with Gasteiger partial charge in [-0.05, 0) is 43.9 Å². The fraction of sp³-hybridized carbons (Fsp3) is 0.588. The Morgan fingerprint density at radius 3 is 2.79 bits per heavy atom. The fourth-order valence-electron chi connectivity index (χ4n) is 2.96. The predicted molar refractivity (Wildman–Crippen MR) is 85.5 cm³/mol. The van der Waals surface area contributed by atoms with Gasteiger partial charge < -0.3 is 10.4 Å². The largest absolute Gasteiger partial charge is 0.416 e. The maximum Gasteiger partial charge on any atom is 0.416 e. The number of piperidine rings is 1. The molecule has 7 heteroatoms. The van der Waals surface area contributed by atoms with Crippen LogP contribution in [0.3, 0.4) is 0 Å². The Balaban J connectivity index is 1.87. The highest BCUT2D eigenvalue weighted by Gasteiger charge is 2.30. The molecule has 0 aliphatic carbocycles. The van der Waals surface area contributed by atoms with Gasteiger partial charge in [-0.2, -0.15) is 13.2 Å². The number of carbonyl (C=O) groups excluding carboxylic acids is 1. The van der Waals surface area contributed by atoms with E-state index in [-0.39, 0.29) is 30.5 Å². The number of halogens is 3. The molecule has 1 amide bonds. The summed E-state index contributed by atoms with van der Waals surface area (Å²) in [5.41, 5.74) is -0.634. The summed E-state index contributed by atoms with van der Waals surface area (Å²) in [7, 11) is 0. The summed E-state index contributed by atoms with van der Waals surface area (Å²) < 4.78 is 38.0. The van der Waals surface area contributed by atoms with Crippen LogP contribution in [0.5, 0.6) is 0 Å². The van der Waals surface area contributed by atoms with E-state index in [1.807, 2.05) is 0 Å². The van der Waals surface area contributed by atoms with Gasteiger partial charge in [0.15, 0.2) is 0 Å². The Hall–Kier alpha value is -1.60. The number of hydrogen-bond donors (Lipinski definition) is 2. The molecular formula is C17H23F3N2O2. The van der Waals surface area contributed by atoms with Gasteiger partial charge in [-0.1, -0.05) is 6.07 Å². The van der Waals surface area contributed by atoms with Crippen molar-refractivity contribution in [2.45, 2.75) is 38.4 Å². The second-order valence-electron chi connectivity index (χ2n) is 6.35. The molecule has 1 aromatic carbocycles. The highest BCUT2D eigenvalue weighted by Crippen LogP contribution is 2.30. The van der Waals surface area contributed by atoms with Crippen LogP contribution >= 0.6 is 0 Å². The van der Waals surface area contributed by atoms with Gasteiger partial charge in [-0.3, -0.25) is 9.69 Å². The minimum atomic E-state index is -4.43. The number of nitrogens with zero attached hydrogens (tertiary/aromatic N) is 1. The lowest BCUT2D eigenvalue weighted by Crippen LogP contribution is -2.43. The fourth-order valence-corrected chi connectivity index (χ4v) is 2.96. The van der Waals surface area contributed by atoms with Crippen molar-refractivity contribution in [3.63, 3.8) is 0 Å². The third-order valence-electron chi connectivity index (χ3n) is 4.47. The minimum absolute atomic E-state index is 0.139. The van der Waals surface area contributed by atoms with Crippen LogP contribution in [0.25, 0.3) is 0 Å². The number of hydrogen-bond acceptors (Lipinski definition) is 3. The molecule has 2 unspecified atom stereocenters. The number of benzene rings is 1. The number of likely N-dealkylation sites (tertiary alicyclic amines) is 1. The molecule has 1 saturated heterocycles. The third-order valence-corrected chi connectivity index (χ3v) is 4.47. The van der Waals surface area contributed by atoms with Crippen LogP contribution < -0.4 is 5.32 Å². The molecule has 0 bridgehead atoms. The van der Waals surface area contributed by atoms with E-state index < -0.39 is 11.7 Å². The maximum atomic E-state index is 12.7. The van der Waals surface area contributed by atoms with E-state index in [0.717, 1.165) is 31.5 Å². The Morgan fingerprint density at radius 1 is 1.38 bits per heavy atom. The number of nitrogens with one attached hydrogen (secondary N) is 1. The molecule has 2 atom stereocenters. The van der Waals surface area contributed by atoms with Crippen LogP contribution in [0.4, 0.5) is 18.9 Å². The predicted octanol–water partition coefficient (Wildman–Crippen LogP) is 3.13. The normalized spacial score (nSPS) is 22.4. The molecule has 2 N–H and O–H groups in total. The first kappa shape index (κ1) is 18.7. The average molecular weight is 344 g/mol. The molecule has 0 radical (unpaired) electrons. The van der Waals surface area contributed by atoms with Crippen LogP contribution in [0.2, 0.25) is 0 Å². The number of alkyl halides is 3. The summed E-state index contributed by atoms with van der Waals surface area (Å²) in [4.78, 5) is 14.2. The summed E-state index contributed by atoms with van der Waals surface area (Å²) in [5.74, 6) is -0.0830. The number of anilines is 1. The van der Waals surface area contributed by atoms with Crippen LogP contribution in [0, 0.1) is 5.92 Å². The molecule has 24 heavy (non-hydrogen) atoms. The highest BCUT2D eigenvalue weighted by molar-refractivity contribution is 5.90. The van der Waals surface area contributed by atoms with E-state index in [1.54, 1.807) is 0 Å². The number of amides is 1. The second-order valence-corrected chi connectivity index (χ2v) is 6.35. The van der Waals surface area contributed by atoms with E-state index in [9.17, 15) is 23.1 Å². The van der Waals surface area contributed by atoms with Crippen LogP contribution in [0.1, 0.15) is 31.7 Å². The molecule has 1 heterocycles. The average Bonchev–Trinajstić information content (AvgIpc) is 2.53. The Labute approximate surface area is 139 Å². The molecule has 2 rings (SSSR count). The first-order valence-corrected chi connectivity index (χ1v) is 8.11. The lowest BCUT2D eigenvalue weighted by atomic mass is 9.94. The molecule has 4 nitrogen and oxygen atoms in total. The molecule has 134 valence electrons. The second kappa shape index (κ2) is 7.98. The van der Waals surface area contributed by atoms with Crippen LogP contribution in [-0.2, 0) is 11.0 Å². The van der Waals surface area contributed by atoms with Crippen molar-refractivity contribution in [2.75, 3.05) is 25.0 Å². The van der Waals surface area contributed by atoms with E-state index >= 15 is 0 Å². The van der Waals surface area contributed by atoms with Gasteiger partial charge in [0, 0.05) is 37.8 Å². The molecule has 1 aliphatic heterocycles. The van der Waals surface area contributed by atoms with Crippen molar-refractivity contribution in [2.24, 2.45) is 5.92 Å². The number of aliphatic hydroxyl groups is 1. The summed E-state index contributed by atoms with van der Waals surface area (Å²) in [6.45, 7) is 3.49. The van der Waals surface area contributed by atoms with E-state index in [0.29, 0.717) is 12.6 Å². The summed E-state index contributed by atoms with van der Waals surface area (Å²) in [6, 6.07) is 4.97. The first-order chi connectivity index (χ1) is 11.3. The maximum absolute atomic E-state index is 12.7. The standard InChI is InChI=1S/C17H23F3N2O2/c1-12-5-6-13(11-23)10-22(12)8-7-16(24)21-15-4-2-3-14(9-15)17(18,19)20/h2-4,9,12-13,23H,5-8,10-11H2,1H3,(H,21,24). The van der Waals surface area contributed by atoms with Crippen molar-refractivity contribution in [1.29, 1.82) is 0 Å². The highest BCUT2D eigenvalue weighted by atomic mass is 19.4. The van der Waals surface area contributed by atoms with Crippen molar-refractivity contribution in [3.05, 3.63) is 29.8 Å². The summed E-state index contributed by atoms with van der Waals surface area (Å²) in [5, 5.41) is 11.8. The van der Waals surface area contributed by atoms with E-state index in [4.69, 9.17) is 0 Å². The SMILES string of the molecule is CC1CCC(CO)CN1CCC(=O)Nc1cccc(C(F)(F)F)c1. The van der Waals surface area contributed by atoms with E-state index in [1.165, 1.54) is 12.1 Å². The zero-order chi connectivity index (χ0) is 17.7. The van der Waals surface area contributed by atoms with Gasteiger partial charge in [0.2, 0.25) is 5.91 Å². The van der Waals surface area contributed by atoms with E-state index in [2.05, 4.69) is 17.1 Å². The number of carbonyl (C=O) groups is 1. The van der Waals surface area contributed by atoms with Gasteiger partial charge in [0.25, 0.3) is 0 Å². The quantitative estimate of drug-likeness (QED) is 0.863. The zero-order valence-electron chi connectivity index (χ0n) is 13.6. The van der Waals surface area contributed by atoms with Crippen LogP contribution in [0.15, 0.2) is 24.3 Å². The van der Waals surface area contributed by atoms with Gasteiger partial charge in [-0.25, -0.2) is 0 Å². The molecule has 0 aromatic heterocycles. The van der Waals surface area contributed by atoms with Crippen molar-refractivity contribution < 1.29 is 23.1 Å².